The lowest BCUT2D eigenvalue weighted by molar-refractivity contribution is 0.407. The van der Waals surface area contributed by atoms with Gasteiger partial charge in [-0.15, -0.1) is 5.10 Å². The Morgan fingerprint density at radius 1 is 1.06 bits per heavy atom. The van der Waals surface area contributed by atoms with Crippen LogP contribution in [0.15, 0.2) is 54.7 Å². The van der Waals surface area contributed by atoms with E-state index in [-0.39, 0.29) is 11.7 Å². The summed E-state index contributed by atoms with van der Waals surface area (Å²) in [5.74, 6) is 2.19. The summed E-state index contributed by atoms with van der Waals surface area (Å²) in [5, 5.41) is 7.95. The van der Waals surface area contributed by atoms with Crippen LogP contribution in [-0.2, 0) is 6.54 Å². The summed E-state index contributed by atoms with van der Waals surface area (Å²) in [5.41, 5.74) is 4.63. The number of methoxy groups -OCH3 is 2. The van der Waals surface area contributed by atoms with Crippen molar-refractivity contribution in [2.24, 2.45) is 0 Å². The van der Waals surface area contributed by atoms with E-state index in [1.807, 2.05) is 48.0 Å². The molecule has 4 aromatic rings. The highest BCUT2D eigenvalue weighted by Crippen LogP contribution is 2.36. The first-order valence-electron chi connectivity index (χ1n) is 11.2. The molecule has 0 fully saturated rings. The highest BCUT2D eigenvalue weighted by atomic mass is 19.1. The van der Waals surface area contributed by atoms with Gasteiger partial charge < -0.3 is 14.8 Å². The number of ether oxygens (including phenoxy) is 2. The highest BCUT2D eigenvalue weighted by Gasteiger charge is 2.27. The van der Waals surface area contributed by atoms with E-state index < -0.39 is 0 Å². The summed E-state index contributed by atoms with van der Waals surface area (Å²) in [6, 6.07) is 14.7. The highest BCUT2D eigenvalue weighted by molar-refractivity contribution is 5.74. The predicted molar refractivity (Wildman–Crippen MR) is 128 cm³/mol. The van der Waals surface area contributed by atoms with Gasteiger partial charge in [-0.05, 0) is 67.3 Å². The number of rotatable bonds is 6. The minimum absolute atomic E-state index is 0.0479. The standard InChI is InChI=1S/C26H26FN5O2/c1-16-11-17(8-9-28-16)22-7-6-20(15-24(22)34-3)29-26-30-25-23(5-4-10-32(25)31-26)18-12-19(27)14-21(13-18)33-2/h6-9,11-15,23H,4-5,10H2,1-3H3,(H,29,31). The maximum absolute atomic E-state index is 14.1. The molecular formula is C26H26FN5O2. The van der Waals surface area contributed by atoms with Crippen LogP contribution in [0.25, 0.3) is 11.1 Å². The lowest BCUT2D eigenvalue weighted by atomic mass is 9.91. The average Bonchev–Trinajstić information content (AvgIpc) is 3.26. The van der Waals surface area contributed by atoms with Crippen molar-refractivity contribution in [3.05, 3.63) is 77.6 Å². The Kier molecular flexibility index (Phi) is 5.88. The molecule has 0 spiro atoms. The largest absolute Gasteiger partial charge is 0.497 e. The second-order valence-electron chi connectivity index (χ2n) is 8.36. The Morgan fingerprint density at radius 2 is 1.94 bits per heavy atom. The van der Waals surface area contributed by atoms with Gasteiger partial charge in [0.25, 0.3) is 0 Å². The van der Waals surface area contributed by atoms with E-state index in [4.69, 9.17) is 14.5 Å². The van der Waals surface area contributed by atoms with Gasteiger partial charge in [0.05, 0.1) is 14.2 Å². The van der Waals surface area contributed by atoms with Crippen molar-refractivity contribution in [1.29, 1.82) is 0 Å². The van der Waals surface area contributed by atoms with Crippen LogP contribution >= 0.6 is 0 Å². The number of benzene rings is 2. The topological polar surface area (TPSA) is 74.1 Å². The molecule has 0 radical (unpaired) electrons. The van der Waals surface area contributed by atoms with Crippen LogP contribution < -0.4 is 14.8 Å². The summed E-state index contributed by atoms with van der Waals surface area (Å²) in [6.45, 7) is 2.74. The van der Waals surface area contributed by atoms with Crippen LogP contribution in [0.1, 0.15) is 35.8 Å². The zero-order chi connectivity index (χ0) is 23.7. The van der Waals surface area contributed by atoms with Gasteiger partial charge in [0.15, 0.2) is 0 Å². The van der Waals surface area contributed by atoms with Gasteiger partial charge >= 0.3 is 0 Å². The van der Waals surface area contributed by atoms with Gasteiger partial charge in [-0.3, -0.25) is 4.98 Å². The second kappa shape index (κ2) is 9.13. The van der Waals surface area contributed by atoms with Crippen molar-refractivity contribution >= 4 is 11.6 Å². The van der Waals surface area contributed by atoms with Gasteiger partial charge in [-0.1, -0.05) is 0 Å². The van der Waals surface area contributed by atoms with E-state index >= 15 is 0 Å². The molecule has 3 heterocycles. The third-order valence-electron chi connectivity index (χ3n) is 6.07. The molecule has 0 saturated carbocycles. The van der Waals surface area contributed by atoms with Crippen LogP contribution in [0.5, 0.6) is 11.5 Å². The number of anilines is 2. The molecule has 1 N–H and O–H groups in total. The average molecular weight is 460 g/mol. The predicted octanol–water partition coefficient (Wildman–Crippen LogP) is 5.47. The van der Waals surface area contributed by atoms with Gasteiger partial charge in [-0.25, -0.2) is 9.07 Å². The van der Waals surface area contributed by atoms with Gasteiger partial charge in [0.2, 0.25) is 5.95 Å². The Morgan fingerprint density at radius 3 is 2.74 bits per heavy atom. The molecule has 1 aliphatic rings. The Bertz CT molecular complexity index is 1340. The summed E-state index contributed by atoms with van der Waals surface area (Å²) in [7, 11) is 3.20. The van der Waals surface area contributed by atoms with Crippen LogP contribution in [0.2, 0.25) is 0 Å². The zero-order valence-electron chi connectivity index (χ0n) is 19.4. The maximum atomic E-state index is 14.1. The van der Waals surface area contributed by atoms with E-state index in [0.29, 0.717) is 11.7 Å². The Labute approximate surface area is 197 Å². The number of fused-ring (bicyclic) bond motifs is 1. The third kappa shape index (κ3) is 4.31. The van der Waals surface area contributed by atoms with E-state index in [1.54, 1.807) is 26.5 Å². The van der Waals surface area contributed by atoms with Crippen LogP contribution in [0, 0.1) is 12.7 Å². The second-order valence-corrected chi connectivity index (χ2v) is 8.36. The fraction of sp³-hybridized carbons (Fsp3) is 0.269. The first-order chi connectivity index (χ1) is 16.5. The monoisotopic (exact) mass is 459 g/mol. The van der Waals surface area contributed by atoms with E-state index in [2.05, 4.69) is 15.4 Å². The lowest BCUT2D eigenvalue weighted by Gasteiger charge is -2.22. The molecule has 0 bridgehead atoms. The number of aromatic nitrogens is 4. The number of pyridine rings is 1. The molecule has 174 valence electrons. The summed E-state index contributed by atoms with van der Waals surface area (Å²) < 4.78 is 27.0. The minimum Gasteiger partial charge on any atom is -0.497 e. The van der Waals surface area contributed by atoms with Crippen molar-refractivity contribution in [2.75, 3.05) is 19.5 Å². The smallest absolute Gasteiger partial charge is 0.246 e. The van der Waals surface area contributed by atoms with Crippen molar-refractivity contribution in [1.82, 2.24) is 19.7 Å². The van der Waals surface area contributed by atoms with E-state index in [9.17, 15) is 4.39 Å². The SMILES string of the molecule is COc1cc(F)cc(C2CCCn3nc(Nc4ccc(-c5ccnc(C)c5)c(OC)c4)nc32)c1. The molecule has 34 heavy (non-hydrogen) atoms. The number of hydrogen-bond acceptors (Lipinski definition) is 6. The van der Waals surface area contributed by atoms with Crippen LogP contribution in [0.3, 0.4) is 0 Å². The Hall–Kier alpha value is -3.94. The molecule has 0 amide bonds. The van der Waals surface area contributed by atoms with Crippen LogP contribution in [0.4, 0.5) is 16.0 Å². The van der Waals surface area contributed by atoms with Gasteiger partial charge in [-0.2, -0.15) is 4.98 Å². The molecule has 1 atom stereocenters. The molecule has 0 saturated heterocycles. The molecule has 2 aromatic heterocycles. The first-order valence-corrected chi connectivity index (χ1v) is 11.2. The maximum Gasteiger partial charge on any atom is 0.246 e. The fourth-order valence-corrected chi connectivity index (χ4v) is 4.47. The zero-order valence-corrected chi connectivity index (χ0v) is 19.4. The van der Waals surface area contributed by atoms with E-state index in [1.165, 1.54) is 6.07 Å². The van der Waals surface area contributed by atoms with Gasteiger partial charge in [0.1, 0.15) is 23.1 Å². The Balaban J connectivity index is 1.43. The van der Waals surface area contributed by atoms with Crippen molar-refractivity contribution in [3.63, 3.8) is 0 Å². The van der Waals surface area contributed by atoms with E-state index in [0.717, 1.165) is 59.0 Å². The number of nitrogens with one attached hydrogen (secondary N) is 1. The normalized spacial score (nSPS) is 15.0. The lowest BCUT2D eigenvalue weighted by Crippen LogP contribution is -2.18. The molecule has 2 aromatic carbocycles. The van der Waals surface area contributed by atoms with Crippen molar-refractivity contribution in [3.8, 4) is 22.6 Å². The molecule has 7 nitrogen and oxygen atoms in total. The van der Waals surface area contributed by atoms with Crippen molar-refractivity contribution in [2.45, 2.75) is 32.2 Å². The summed E-state index contributed by atoms with van der Waals surface area (Å²) in [4.78, 5) is 9.03. The fourth-order valence-electron chi connectivity index (χ4n) is 4.47. The third-order valence-corrected chi connectivity index (χ3v) is 6.07. The number of hydrogen-bond donors (Lipinski definition) is 1. The van der Waals surface area contributed by atoms with Crippen molar-refractivity contribution < 1.29 is 13.9 Å². The van der Waals surface area contributed by atoms with Crippen LogP contribution in [-0.4, -0.2) is 34.0 Å². The molecule has 8 heteroatoms. The molecule has 5 rings (SSSR count). The quantitative estimate of drug-likeness (QED) is 0.412. The minimum atomic E-state index is -0.319. The molecule has 1 unspecified atom stereocenters. The summed E-state index contributed by atoms with van der Waals surface area (Å²) in [6.07, 6.45) is 3.60. The molecule has 0 aliphatic carbocycles. The number of halogens is 1. The first kappa shape index (κ1) is 21.9. The summed E-state index contributed by atoms with van der Waals surface area (Å²) >= 11 is 0. The molecular weight excluding hydrogens is 433 g/mol. The number of nitrogens with zero attached hydrogens (tertiary/aromatic N) is 4. The molecule has 1 aliphatic heterocycles. The number of aryl methyl sites for hydroxylation is 2. The van der Waals surface area contributed by atoms with Gasteiger partial charge in [0, 0.05) is 47.7 Å².